The van der Waals surface area contributed by atoms with Crippen LogP contribution in [-0.2, 0) is 6.54 Å². The summed E-state index contributed by atoms with van der Waals surface area (Å²) in [6, 6.07) is 9.21. The number of halogens is 2. The summed E-state index contributed by atoms with van der Waals surface area (Å²) in [7, 11) is 3.19. The Morgan fingerprint density at radius 2 is 1.85 bits per heavy atom. The maximum atomic E-state index is 13.9. The molecule has 0 radical (unpaired) electrons. The number of nitrogens with zero attached hydrogens (tertiary/aromatic N) is 1. The summed E-state index contributed by atoms with van der Waals surface area (Å²) in [4.78, 5) is 4.65. The Kier molecular flexibility index (Phi) is 6.03. The van der Waals surface area contributed by atoms with Gasteiger partial charge in [-0.25, -0.2) is 13.8 Å². The van der Waals surface area contributed by atoms with Crippen molar-refractivity contribution in [3.05, 3.63) is 64.7 Å². The molecule has 0 aliphatic carbocycles. The van der Waals surface area contributed by atoms with Crippen LogP contribution in [0.2, 0.25) is 0 Å². The van der Waals surface area contributed by atoms with Gasteiger partial charge in [-0.2, -0.15) is 0 Å². The molecular formula is C20H21F2N2O2S+. The summed E-state index contributed by atoms with van der Waals surface area (Å²) in [6.45, 7) is 2.49. The normalized spacial score (nSPS) is 12.0. The third-order valence-corrected chi connectivity index (χ3v) is 5.26. The highest BCUT2D eigenvalue weighted by molar-refractivity contribution is 7.13. The van der Waals surface area contributed by atoms with E-state index in [-0.39, 0.29) is 6.04 Å². The van der Waals surface area contributed by atoms with Gasteiger partial charge >= 0.3 is 0 Å². The Morgan fingerprint density at radius 3 is 2.56 bits per heavy atom. The summed E-state index contributed by atoms with van der Waals surface area (Å²) in [6.07, 6.45) is 0. The molecule has 0 saturated carbocycles. The van der Waals surface area contributed by atoms with Crippen LogP contribution in [0.25, 0.3) is 10.6 Å². The third kappa shape index (κ3) is 4.43. The molecule has 2 N–H and O–H groups in total. The fourth-order valence-corrected chi connectivity index (χ4v) is 3.63. The van der Waals surface area contributed by atoms with E-state index in [4.69, 9.17) is 9.47 Å². The molecule has 0 bridgehead atoms. The largest absolute Gasteiger partial charge is 0.493 e. The van der Waals surface area contributed by atoms with E-state index in [9.17, 15) is 8.78 Å². The number of ether oxygens (including phenoxy) is 2. The predicted molar refractivity (Wildman–Crippen MR) is 101 cm³/mol. The molecule has 0 fully saturated rings. The van der Waals surface area contributed by atoms with E-state index in [1.54, 1.807) is 14.2 Å². The molecule has 2 aromatic carbocycles. The monoisotopic (exact) mass is 391 g/mol. The molecule has 0 amide bonds. The van der Waals surface area contributed by atoms with Crippen molar-refractivity contribution in [2.45, 2.75) is 19.5 Å². The zero-order valence-electron chi connectivity index (χ0n) is 15.3. The lowest BCUT2D eigenvalue weighted by Gasteiger charge is -2.11. The minimum Gasteiger partial charge on any atom is -0.493 e. The second-order valence-corrected chi connectivity index (χ2v) is 6.97. The lowest BCUT2D eigenvalue weighted by molar-refractivity contribution is -0.708. The zero-order valence-corrected chi connectivity index (χ0v) is 16.1. The topological polar surface area (TPSA) is 48.0 Å². The van der Waals surface area contributed by atoms with E-state index in [0.29, 0.717) is 23.6 Å². The molecule has 0 unspecified atom stereocenters. The second kappa shape index (κ2) is 8.45. The van der Waals surface area contributed by atoms with E-state index < -0.39 is 11.6 Å². The van der Waals surface area contributed by atoms with Crippen LogP contribution in [0.4, 0.5) is 8.78 Å². The molecule has 1 aromatic heterocycles. The van der Waals surface area contributed by atoms with E-state index in [0.717, 1.165) is 22.3 Å². The number of rotatable bonds is 7. The Morgan fingerprint density at radius 1 is 1.07 bits per heavy atom. The average Bonchev–Trinajstić information content (AvgIpc) is 3.14. The molecule has 0 spiro atoms. The van der Waals surface area contributed by atoms with Crippen LogP contribution in [0.5, 0.6) is 11.5 Å². The van der Waals surface area contributed by atoms with Gasteiger partial charge in [0.2, 0.25) is 0 Å². The fraction of sp³-hybridized carbons (Fsp3) is 0.250. The average molecular weight is 391 g/mol. The molecule has 1 atom stereocenters. The first-order valence-corrected chi connectivity index (χ1v) is 9.35. The highest BCUT2D eigenvalue weighted by Gasteiger charge is 2.16. The van der Waals surface area contributed by atoms with Crippen LogP contribution in [-0.4, -0.2) is 19.2 Å². The van der Waals surface area contributed by atoms with Crippen molar-refractivity contribution in [3.8, 4) is 22.1 Å². The first kappa shape index (κ1) is 19.3. The summed E-state index contributed by atoms with van der Waals surface area (Å²) >= 11 is 1.54. The van der Waals surface area contributed by atoms with Crippen LogP contribution in [0, 0.1) is 11.6 Å². The van der Waals surface area contributed by atoms with E-state index in [1.807, 2.05) is 35.8 Å². The molecule has 142 valence electrons. The third-order valence-electron chi connectivity index (χ3n) is 4.32. The minimum atomic E-state index is -0.567. The van der Waals surface area contributed by atoms with Gasteiger partial charge in [0.15, 0.2) is 11.5 Å². The number of aromatic nitrogens is 1. The van der Waals surface area contributed by atoms with Crippen molar-refractivity contribution in [1.29, 1.82) is 0 Å². The number of methoxy groups -OCH3 is 2. The van der Waals surface area contributed by atoms with E-state index in [2.05, 4.69) is 4.98 Å². The quantitative estimate of drug-likeness (QED) is 0.664. The highest BCUT2D eigenvalue weighted by atomic mass is 32.1. The molecule has 4 nitrogen and oxygen atoms in total. The number of hydrogen-bond donors (Lipinski definition) is 1. The smallest absolute Gasteiger partial charge is 0.161 e. The maximum absolute atomic E-state index is 13.9. The Hall–Kier alpha value is -2.51. The number of benzene rings is 2. The molecular weight excluding hydrogens is 370 g/mol. The van der Waals surface area contributed by atoms with Crippen LogP contribution in [0.15, 0.2) is 41.8 Å². The van der Waals surface area contributed by atoms with Crippen LogP contribution in [0.3, 0.4) is 0 Å². The summed E-state index contributed by atoms with van der Waals surface area (Å²) < 4.78 is 37.5. The van der Waals surface area contributed by atoms with Crippen molar-refractivity contribution in [1.82, 2.24) is 4.98 Å². The Labute approximate surface area is 160 Å². The summed E-state index contributed by atoms with van der Waals surface area (Å²) in [5.74, 6) is 0.228. The Balaban J connectivity index is 1.69. The highest BCUT2D eigenvalue weighted by Crippen LogP contribution is 2.33. The van der Waals surface area contributed by atoms with Gasteiger partial charge in [-0.3, -0.25) is 0 Å². The summed E-state index contributed by atoms with van der Waals surface area (Å²) in [5.41, 5.74) is 2.33. The second-order valence-electron chi connectivity index (χ2n) is 6.11. The lowest BCUT2D eigenvalue weighted by atomic mass is 10.1. The summed E-state index contributed by atoms with van der Waals surface area (Å²) in [5, 5.41) is 4.83. The van der Waals surface area contributed by atoms with Crippen molar-refractivity contribution < 1.29 is 23.6 Å². The Bertz CT molecular complexity index is 930. The van der Waals surface area contributed by atoms with Gasteiger partial charge in [-0.15, -0.1) is 11.3 Å². The van der Waals surface area contributed by atoms with Crippen molar-refractivity contribution >= 4 is 11.3 Å². The van der Waals surface area contributed by atoms with Gasteiger partial charge in [-0.1, -0.05) is 0 Å². The maximum Gasteiger partial charge on any atom is 0.161 e. The van der Waals surface area contributed by atoms with Crippen molar-refractivity contribution in [2.75, 3.05) is 14.2 Å². The van der Waals surface area contributed by atoms with Gasteiger partial charge in [0.1, 0.15) is 34.9 Å². The minimum absolute atomic E-state index is 0.142. The molecule has 3 aromatic rings. The lowest BCUT2D eigenvalue weighted by Crippen LogP contribution is -2.83. The number of quaternary nitrogens is 1. The zero-order chi connectivity index (χ0) is 19.4. The van der Waals surface area contributed by atoms with Crippen molar-refractivity contribution in [3.63, 3.8) is 0 Å². The van der Waals surface area contributed by atoms with Gasteiger partial charge in [0.25, 0.3) is 0 Å². The fourth-order valence-electron chi connectivity index (χ4n) is 2.80. The van der Waals surface area contributed by atoms with Crippen LogP contribution in [0.1, 0.15) is 24.2 Å². The number of nitrogens with two attached hydrogens (primary N) is 1. The molecule has 7 heteroatoms. The number of thiazole rings is 1. The standard InChI is InChI=1S/C20H20F2N2O2S/c1-12(16-6-5-14(21)9-17(16)22)23-10-15-11-27-20(24-15)13-4-7-18(25-2)19(8-13)26-3/h4-9,11-12,23H,10H2,1-3H3/p+1/t12-/m0/s1. The molecule has 1 heterocycles. The predicted octanol–water partition coefficient (Wildman–Crippen LogP) is 3.93. The molecule has 27 heavy (non-hydrogen) atoms. The van der Waals surface area contributed by atoms with Gasteiger partial charge in [0.05, 0.1) is 14.2 Å². The van der Waals surface area contributed by atoms with E-state index in [1.165, 1.54) is 23.5 Å². The van der Waals surface area contributed by atoms with Crippen LogP contribution < -0.4 is 14.8 Å². The van der Waals surface area contributed by atoms with Gasteiger partial charge in [-0.05, 0) is 37.3 Å². The molecule has 0 aliphatic rings. The SMILES string of the molecule is COc1ccc(-c2nc(C[NH2+][C@@H](C)c3ccc(F)cc3F)cs2)cc1OC. The van der Waals surface area contributed by atoms with E-state index >= 15 is 0 Å². The van der Waals surface area contributed by atoms with Gasteiger partial charge in [0, 0.05) is 22.6 Å². The van der Waals surface area contributed by atoms with Crippen molar-refractivity contribution in [2.24, 2.45) is 0 Å². The number of hydrogen-bond acceptors (Lipinski definition) is 4. The first-order valence-electron chi connectivity index (χ1n) is 8.47. The van der Waals surface area contributed by atoms with Crippen LogP contribution >= 0.6 is 11.3 Å². The first-order chi connectivity index (χ1) is 13.0. The molecule has 0 aliphatic heterocycles. The molecule has 3 rings (SSSR count). The molecule has 0 saturated heterocycles. The van der Waals surface area contributed by atoms with Gasteiger partial charge < -0.3 is 14.8 Å².